The molecule has 0 radical (unpaired) electrons. The number of rotatable bonds is 4. The lowest BCUT2D eigenvalue weighted by molar-refractivity contribution is 0.598. The number of thiocarbonyl (C=S) groups is 1. The largest absolute Gasteiger partial charge is 0.389 e. The summed E-state index contributed by atoms with van der Waals surface area (Å²) in [4.78, 5) is 4.65. The fraction of sp³-hybridized carbons (Fsp3) is 0.0769. The summed E-state index contributed by atoms with van der Waals surface area (Å²) in [6.07, 6.45) is 0. The van der Waals surface area contributed by atoms with Gasteiger partial charge in [0.2, 0.25) is 10.0 Å². The van der Waals surface area contributed by atoms with E-state index in [4.69, 9.17) is 23.1 Å². The fourth-order valence-electron chi connectivity index (χ4n) is 1.75. The van der Waals surface area contributed by atoms with Gasteiger partial charge in [-0.15, -0.1) is 0 Å². The summed E-state index contributed by atoms with van der Waals surface area (Å²) in [5, 5.41) is 8.10. The molecule has 0 amide bonds. The number of aromatic nitrogens is 1. The number of pyridine rings is 1. The van der Waals surface area contributed by atoms with Crippen LogP contribution in [-0.2, 0) is 10.0 Å². The SMILES string of the molecule is Cc1cc(C(N)=S)cc(Nc2ccc(S(N)(=O)=O)cc2)n1. The number of hydrogen-bond donors (Lipinski definition) is 3. The number of sulfonamides is 1. The van der Waals surface area contributed by atoms with Gasteiger partial charge in [-0.2, -0.15) is 0 Å². The molecule has 5 N–H and O–H groups in total. The smallest absolute Gasteiger partial charge is 0.238 e. The highest BCUT2D eigenvalue weighted by atomic mass is 32.2. The van der Waals surface area contributed by atoms with E-state index < -0.39 is 10.0 Å². The van der Waals surface area contributed by atoms with Crippen LogP contribution in [0.4, 0.5) is 11.5 Å². The predicted molar refractivity (Wildman–Crippen MR) is 86.0 cm³/mol. The molecule has 0 fully saturated rings. The van der Waals surface area contributed by atoms with Crippen molar-refractivity contribution in [2.45, 2.75) is 11.8 Å². The van der Waals surface area contributed by atoms with Gasteiger partial charge in [0.1, 0.15) is 10.8 Å². The second-order valence-electron chi connectivity index (χ2n) is 4.44. The molecule has 0 aliphatic heterocycles. The Morgan fingerprint density at radius 3 is 2.38 bits per heavy atom. The summed E-state index contributed by atoms with van der Waals surface area (Å²) in [6.45, 7) is 1.83. The van der Waals surface area contributed by atoms with Crippen LogP contribution >= 0.6 is 12.2 Å². The van der Waals surface area contributed by atoms with E-state index in [1.807, 2.05) is 6.92 Å². The molecule has 0 aliphatic rings. The minimum atomic E-state index is -3.69. The van der Waals surface area contributed by atoms with Gasteiger partial charge in [0, 0.05) is 16.9 Å². The maximum absolute atomic E-state index is 11.2. The van der Waals surface area contributed by atoms with Crippen LogP contribution in [0.1, 0.15) is 11.3 Å². The van der Waals surface area contributed by atoms with Gasteiger partial charge >= 0.3 is 0 Å². The standard InChI is InChI=1S/C13H14N4O2S2/c1-8-6-9(13(14)20)7-12(16-8)17-10-2-4-11(5-3-10)21(15,18)19/h2-7H,1H3,(H2,14,20)(H,16,17)(H2,15,18,19). The molecule has 0 bridgehead atoms. The molecule has 1 aromatic heterocycles. The molecule has 0 aliphatic carbocycles. The molecule has 0 spiro atoms. The summed E-state index contributed by atoms with van der Waals surface area (Å²) in [5.74, 6) is 0.571. The lowest BCUT2D eigenvalue weighted by Crippen LogP contribution is -2.12. The highest BCUT2D eigenvalue weighted by Gasteiger charge is 2.07. The molecule has 110 valence electrons. The Balaban J connectivity index is 2.28. The van der Waals surface area contributed by atoms with Crippen molar-refractivity contribution in [2.24, 2.45) is 10.9 Å². The Hall–Kier alpha value is -2.03. The van der Waals surface area contributed by atoms with Gasteiger partial charge in [0.15, 0.2) is 0 Å². The number of benzene rings is 1. The van der Waals surface area contributed by atoms with Crippen molar-refractivity contribution < 1.29 is 8.42 Å². The molecule has 1 heterocycles. The molecule has 0 saturated carbocycles. The van der Waals surface area contributed by atoms with Gasteiger partial charge in [0.25, 0.3) is 0 Å². The number of aryl methyl sites for hydroxylation is 1. The molecule has 6 nitrogen and oxygen atoms in total. The van der Waals surface area contributed by atoms with Gasteiger partial charge in [-0.3, -0.25) is 0 Å². The zero-order chi connectivity index (χ0) is 15.6. The topological polar surface area (TPSA) is 111 Å². The third-order valence-corrected chi connectivity index (χ3v) is 3.86. The van der Waals surface area contributed by atoms with E-state index in [-0.39, 0.29) is 9.88 Å². The maximum atomic E-state index is 11.2. The summed E-state index contributed by atoms with van der Waals surface area (Å²) in [5.41, 5.74) is 7.76. The molecule has 0 saturated heterocycles. The Bertz CT molecular complexity index is 786. The Labute approximate surface area is 128 Å². The van der Waals surface area contributed by atoms with Crippen molar-refractivity contribution in [3.63, 3.8) is 0 Å². The number of primary sulfonamides is 1. The first-order valence-electron chi connectivity index (χ1n) is 5.94. The third kappa shape index (κ3) is 3.97. The predicted octanol–water partition coefficient (Wildman–Crippen LogP) is 1.42. The van der Waals surface area contributed by atoms with Crippen molar-refractivity contribution in [1.29, 1.82) is 0 Å². The van der Waals surface area contributed by atoms with Crippen LogP contribution in [0.5, 0.6) is 0 Å². The first-order valence-corrected chi connectivity index (χ1v) is 7.89. The van der Waals surface area contributed by atoms with Gasteiger partial charge < -0.3 is 11.1 Å². The second kappa shape index (κ2) is 5.76. The molecule has 2 rings (SSSR count). The monoisotopic (exact) mass is 322 g/mol. The number of nitrogens with zero attached hydrogens (tertiary/aromatic N) is 1. The summed E-state index contributed by atoms with van der Waals surface area (Å²) in [7, 11) is -3.69. The first kappa shape index (κ1) is 15.4. The fourth-order valence-corrected chi connectivity index (χ4v) is 2.38. The van der Waals surface area contributed by atoms with Gasteiger partial charge in [0.05, 0.1) is 4.90 Å². The van der Waals surface area contributed by atoms with Crippen LogP contribution in [0, 0.1) is 6.92 Å². The molecule has 2 aromatic rings. The number of nitrogens with two attached hydrogens (primary N) is 2. The van der Waals surface area contributed by atoms with Crippen molar-refractivity contribution in [3.8, 4) is 0 Å². The van der Waals surface area contributed by atoms with Crippen LogP contribution in [0.3, 0.4) is 0 Å². The number of anilines is 2. The number of nitrogens with one attached hydrogen (secondary N) is 1. The zero-order valence-corrected chi connectivity index (χ0v) is 12.8. The average molecular weight is 322 g/mol. The highest BCUT2D eigenvalue weighted by molar-refractivity contribution is 7.89. The second-order valence-corrected chi connectivity index (χ2v) is 6.44. The first-order chi connectivity index (χ1) is 9.75. The molecule has 1 aromatic carbocycles. The van der Waals surface area contributed by atoms with E-state index in [1.54, 1.807) is 24.3 Å². The highest BCUT2D eigenvalue weighted by Crippen LogP contribution is 2.18. The summed E-state index contributed by atoms with van der Waals surface area (Å²) >= 11 is 4.95. The normalized spacial score (nSPS) is 11.1. The van der Waals surface area contributed by atoms with Crippen LogP contribution < -0.4 is 16.2 Å². The lowest BCUT2D eigenvalue weighted by Gasteiger charge is -2.09. The molecular formula is C13H14N4O2S2. The summed E-state index contributed by atoms with van der Waals surface area (Å²) in [6, 6.07) is 9.55. The van der Waals surface area contributed by atoms with E-state index in [9.17, 15) is 8.42 Å². The van der Waals surface area contributed by atoms with Gasteiger partial charge in [-0.05, 0) is 43.3 Å². The van der Waals surface area contributed by atoms with Crippen molar-refractivity contribution in [3.05, 3.63) is 47.7 Å². The van der Waals surface area contributed by atoms with E-state index in [1.165, 1.54) is 12.1 Å². The van der Waals surface area contributed by atoms with E-state index >= 15 is 0 Å². The lowest BCUT2D eigenvalue weighted by atomic mass is 10.2. The molecule has 0 unspecified atom stereocenters. The van der Waals surface area contributed by atoms with Crippen LogP contribution in [0.25, 0.3) is 0 Å². The Morgan fingerprint density at radius 1 is 1.24 bits per heavy atom. The van der Waals surface area contributed by atoms with Crippen molar-refractivity contribution in [1.82, 2.24) is 4.98 Å². The van der Waals surface area contributed by atoms with Crippen LogP contribution in [-0.4, -0.2) is 18.4 Å². The minimum absolute atomic E-state index is 0.0501. The third-order valence-electron chi connectivity index (χ3n) is 2.69. The van der Waals surface area contributed by atoms with E-state index in [0.29, 0.717) is 17.1 Å². The Kier molecular flexibility index (Phi) is 4.21. The van der Waals surface area contributed by atoms with Gasteiger partial charge in [-0.1, -0.05) is 12.2 Å². The maximum Gasteiger partial charge on any atom is 0.238 e. The van der Waals surface area contributed by atoms with E-state index in [0.717, 1.165) is 5.69 Å². The molecule has 8 heteroatoms. The van der Waals surface area contributed by atoms with Crippen LogP contribution in [0.2, 0.25) is 0 Å². The van der Waals surface area contributed by atoms with Gasteiger partial charge in [-0.25, -0.2) is 18.5 Å². The van der Waals surface area contributed by atoms with Crippen LogP contribution in [0.15, 0.2) is 41.3 Å². The Morgan fingerprint density at radius 2 is 1.86 bits per heavy atom. The minimum Gasteiger partial charge on any atom is -0.389 e. The average Bonchev–Trinajstić information content (AvgIpc) is 2.37. The number of hydrogen-bond acceptors (Lipinski definition) is 5. The molecular weight excluding hydrogens is 308 g/mol. The van der Waals surface area contributed by atoms with E-state index in [2.05, 4.69) is 10.3 Å². The van der Waals surface area contributed by atoms with Crippen molar-refractivity contribution >= 4 is 38.7 Å². The van der Waals surface area contributed by atoms with Crippen molar-refractivity contribution in [2.75, 3.05) is 5.32 Å². The molecule has 0 atom stereocenters. The zero-order valence-electron chi connectivity index (χ0n) is 11.2. The molecule has 21 heavy (non-hydrogen) atoms. The quantitative estimate of drug-likeness (QED) is 0.734. The summed E-state index contributed by atoms with van der Waals surface area (Å²) < 4.78 is 22.4.